The van der Waals surface area contributed by atoms with Gasteiger partial charge in [-0.2, -0.15) is 13.2 Å². The van der Waals surface area contributed by atoms with E-state index in [1.807, 2.05) is 0 Å². The summed E-state index contributed by atoms with van der Waals surface area (Å²) in [5.74, 6) is -1.75. The van der Waals surface area contributed by atoms with Crippen molar-refractivity contribution in [2.45, 2.75) is 12.7 Å². The number of benzene rings is 4. The summed E-state index contributed by atoms with van der Waals surface area (Å²) in [5, 5.41) is 12.4. The number of carboxylic acids is 1. The topological polar surface area (TPSA) is 105 Å². The van der Waals surface area contributed by atoms with Crippen LogP contribution in [0.15, 0.2) is 103 Å². The van der Waals surface area contributed by atoms with Gasteiger partial charge in [0.15, 0.2) is 0 Å². The molecule has 0 saturated heterocycles. The standard InChI is InChI=1S/C24H15F3N2O3.C7H8FN/c25-24(26,27)17-8-5-14(6-9-17)19-3-1-2-4-20(19)22(30)29-18-10-7-15-11-16(23(31)32)13-28-21(15)12-18;8-7-3-1-2-6(4-7)5-9/h1-13H,(H,29,30)(H,31,32);1-4H,5,9H2. The molecule has 0 bridgehead atoms. The average Bonchev–Trinajstić information content (AvgIpc) is 2.96. The van der Waals surface area contributed by atoms with Crippen molar-refractivity contribution in [2.24, 2.45) is 5.73 Å². The van der Waals surface area contributed by atoms with Gasteiger partial charge in [0.2, 0.25) is 0 Å². The van der Waals surface area contributed by atoms with Crippen LogP contribution in [0.25, 0.3) is 22.0 Å². The van der Waals surface area contributed by atoms with Gasteiger partial charge in [0.25, 0.3) is 5.91 Å². The Bertz CT molecular complexity index is 1700. The number of hydrogen-bond acceptors (Lipinski definition) is 4. The van der Waals surface area contributed by atoms with Crippen LogP contribution in [0, 0.1) is 5.82 Å². The summed E-state index contributed by atoms with van der Waals surface area (Å²) in [7, 11) is 0. The first-order valence-electron chi connectivity index (χ1n) is 12.2. The third-order valence-electron chi connectivity index (χ3n) is 6.01. The molecule has 1 heterocycles. The highest BCUT2D eigenvalue weighted by Gasteiger charge is 2.30. The molecule has 10 heteroatoms. The van der Waals surface area contributed by atoms with Crippen LogP contribution < -0.4 is 11.1 Å². The molecule has 0 spiro atoms. The van der Waals surface area contributed by atoms with Gasteiger partial charge in [0, 0.05) is 29.4 Å². The lowest BCUT2D eigenvalue weighted by Crippen LogP contribution is -2.13. The maximum absolute atomic E-state index is 12.9. The highest BCUT2D eigenvalue weighted by molar-refractivity contribution is 6.09. The van der Waals surface area contributed by atoms with Crippen LogP contribution in [0.1, 0.15) is 31.8 Å². The van der Waals surface area contributed by atoms with E-state index in [4.69, 9.17) is 10.8 Å². The molecule has 5 aromatic rings. The second-order valence-corrected chi connectivity index (χ2v) is 8.85. The van der Waals surface area contributed by atoms with Gasteiger partial charge in [0.1, 0.15) is 5.82 Å². The van der Waals surface area contributed by atoms with Gasteiger partial charge in [-0.1, -0.05) is 48.5 Å². The molecule has 0 unspecified atom stereocenters. The van der Waals surface area contributed by atoms with E-state index in [9.17, 15) is 27.2 Å². The van der Waals surface area contributed by atoms with E-state index in [1.54, 1.807) is 54.6 Å². The van der Waals surface area contributed by atoms with Gasteiger partial charge in [0.05, 0.1) is 16.6 Å². The molecular weight excluding hydrogens is 538 g/mol. The second kappa shape index (κ2) is 12.4. The van der Waals surface area contributed by atoms with Crippen molar-refractivity contribution in [2.75, 3.05) is 5.32 Å². The largest absolute Gasteiger partial charge is 0.478 e. The summed E-state index contributed by atoms with van der Waals surface area (Å²) in [6.07, 6.45) is -3.21. The zero-order chi connectivity index (χ0) is 29.6. The van der Waals surface area contributed by atoms with Crippen molar-refractivity contribution in [1.29, 1.82) is 0 Å². The molecule has 0 radical (unpaired) electrons. The first-order chi connectivity index (χ1) is 19.5. The van der Waals surface area contributed by atoms with Crippen molar-refractivity contribution in [3.8, 4) is 11.1 Å². The highest BCUT2D eigenvalue weighted by Crippen LogP contribution is 2.32. The fourth-order valence-corrected chi connectivity index (χ4v) is 3.95. The van der Waals surface area contributed by atoms with E-state index in [0.717, 1.165) is 17.7 Å². The number of aromatic carboxylic acids is 1. The minimum Gasteiger partial charge on any atom is -0.478 e. The number of anilines is 1. The third kappa shape index (κ3) is 7.31. The number of rotatable bonds is 5. The molecule has 1 amide bonds. The molecular formula is C31H23F4N3O3. The summed E-state index contributed by atoms with van der Waals surface area (Å²) in [4.78, 5) is 28.1. The minimum atomic E-state index is -4.44. The number of amides is 1. The van der Waals surface area contributed by atoms with Crippen LogP contribution >= 0.6 is 0 Å². The molecule has 4 aromatic carbocycles. The number of hydrogen-bond donors (Lipinski definition) is 3. The Kier molecular flexibility index (Phi) is 8.74. The van der Waals surface area contributed by atoms with Gasteiger partial charge in [-0.3, -0.25) is 9.78 Å². The molecule has 0 aliphatic heterocycles. The number of aromatic nitrogens is 1. The molecule has 208 valence electrons. The Morgan fingerprint density at radius 3 is 2.24 bits per heavy atom. The quantitative estimate of drug-likeness (QED) is 0.198. The zero-order valence-electron chi connectivity index (χ0n) is 21.3. The smallest absolute Gasteiger partial charge is 0.416 e. The predicted octanol–water partition coefficient (Wildman–Crippen LogP) is 7.16. The van der Waals surface area contributed by atoms with Crippen LogP contribution in [-0.4, -0.2) is 22.0 Å². The third-order valence-corrected chi connectivity index (χ3v) is 6.01. The summed E-state index contributed by atoms with van der Waals surface area (Å²) < 4.78 is 50.8. The SMILES string of the molecule is NCc1cccc(F)c1.O=C(O)c1cnc2cc(NC(=O)c3ccccc3-c3ccc(C(F)(F)F)cc3)ccc2c1. The van der Waals surface area contributed by atoms with Crippen molar-refractivity contribution in [1.82, 2.24) is 4.98 Å². The molecule has 5 rings (SSSR count). The number of halogens is 4. The first-order valence-corrected chi connectivity index (χ1v) is 12.2. The van der Waals surface area contributed by atoms with Gasteiger partial charge < -0.3 is 16.2 Å². The molecule has 0 aliphatic rings. The fraction of sp³-hybridized carbons (Fsp3) is 0.0645. The number of fused-ring (bicyclic) bond motifs is 1. The van der Waals surface area contributed by atoms with E-state index in [2.05, 4.69) is 10.3 Å². The van der Waals surface area contributed by atoms with E-state index >= 15 is 0 Å². The Morgan fingerprint density at radius 2 is 1.61 bits per heavy atom. The number of nitrogens with one attached hydrogen (secondary N) is 1. The van der Waals surface area contributed by atoms with E-state index in [-0.39, 0.29) is 11.4 Å². The summed E-state index contributed by atoms with van der Waals surface area (Å²) in [6, 6.07) is 23.9. The van der Waals surface area contributed by atoms with E-state index in [1.165, 1.54) is 36.5 Å². The number of carboxylic acid groups (broad SMARTS) is 1. The van der Waals surface area contributed by atoms with Crippen LogP contribution in [0.4, 0.5) is 23.2 Å². The normalized spacial score (nSPS) is 11.0. The summed E-state index contributed by atoms with van der Waals surface area (Å²) >= 11 is 0. The molecule has 0 aliphatic carbocycles. The van der Waals surface area contributed by atoms with Crippen LogP contribution in [0.5, 0.6) is 0 Å². The lowest BCUT2D eigenvalue weighted by Gasteiger charge is -2.12. The number of nitrogens with zero attached hydrogens (tertiary/aromatic N) is 1. The average molecular weight is 562 g/mol. The number of nitrogens with two attached hydrogens (primary N) is 1. The first kappa shape index (κ1) is 28.9. The Labute approximate surface area is 232 Å². The molecule has 1 aromatic heterocycles. The molecule has 0 atom stereocenters. The summed E-state index contributed by atoms with van der Waals surface area (Å²) in [5.41, 5.74) is 7.58. The van der Waals surface area contributed by atoms with Crippen LogP contribution in [-0.2, 0) is 12.7 Å². The number of carbonyl (C=O) groups excluding carboxylic acids is 1. The Balaban J connectivity index is 0.000000367. The van der Waals surface area contributed by atoms with Crippen molar-refractivity contribution < 1.29 is 32.3 Å². The van der Waals surface area contributed by atoms with E-state index < -0.39 is 23.6 Å². The van der Waals surface area contributed by atoms with Crippen molar-refractivity contribution in [3.63, 3.8) is 0 Å². The fourth-order valence-electron chi connectivity index (χ4n) is 3.95. The number of pyridine rings is 1. The molecule has 6 nitrogen and oxygen atoms in total. The Hall–Kier alpha value is -5.09. The van der Waals surface area contributed by atoms with E-state index in [0.29, 0.717) is 39.8 Å². The monoisotopic (exact) mass is 561 g/mol. The minimum absolute atomic E-state index is 0.0553. The van der Waals surface area contributed by atoms with Gasteiger partial charge in [-0.15, -0.1) is 0 Å². The van der Waals surface area contributed by atoms with Gasteiger partial charge in [-0.05, 0) is 65.2 Å². The lowest BCUT2D eigenvalue weighted by atomic mass is 9.98. The molecule has 4 N–H and O–H groups in total. The maximum atomic E-state index is 12.9. The number of alkyl halides is 3. The summed E-state index contributed by atoms with van der Waals surface area (Å²) in [6.45, 7) is 0.401. The number of carbonyl (C=O) groups is 2. The van der Waals surface area contributed by atoms with Crippen LogP contribution in [0.2, 0.25) is 0 Å². The Morgan fingerprint density at radius 1 is 0.878 bits per heavy atom. The second-order valence-electron chi connectivity index (χ2n) is 8.85. The maximum Gasteiger partial charge on any atom is 0.416 e. The van der Waals surface area contributed by atoms with Gasteiger partial charge >= 0.3 is 12.1 Å². The van der Waals surface area contributed by atoms with Crippen molar-refractivity contribution in [3.05, 3.63) is 131 Å². The lowest BCUT2D eigenvalue weighted by molar-refractivity contribution is -0.137. The zero-order valence-corrected chi connectivity index (χ0v) is 21.3. The highest BCUT2D eigenvalue weighted by atomic mass is 19.4. The predicted molar refractivity (Wildman–Crippen MR) is 148 cm³/mol. The van der Waals surface area contributed by atoms with Crippen molar-refractivity contribution >= 4 is 28.5 Å². The molecule has 0 saturated carbocycles. The molecule has 41 heavy (non-hydrogen) atoms. The molecule has 0 fully saturated rings. The van der Waals surface area contributed by atoms with Crippen LogP contribution in [0.3, 0.4) is 0 Å². The van der Waals surface area contributed by atoms with Gasteiger partial charge in [-0.25, -0.2) is 9.18 Å².